The Morgan fingerprint density at radius 2 is 2.38 bits per heavy atom. The molecule has 0 spiro atoms. The highest BCUT2D eigenvalue weighted by molar-refractivity contribution is 9.10. The second-order valence-corrected chi connectivity index (χ2v) is 3.55. The fourth-order valence-corrected chi connectivity index (χ4v) is 1.50. The molecule has 70 valence electrons. The molecule has 0 unspecified atom stereocenters. The van der Waals surface area contributed by atoms with Gasteiger partial charge in [-0.15, -0.1) is 0 Å². The Morgan fingerprint density at radius 1 is 1.69 bits per heavy atom. The molecular weight excluding hydrogens is 234 g/mol. The molecule has 0 bridgehead atoms. The Morgan fingerprint density at radius 3 is 2.92 bits per heavy atom. The molecule has 3 nitrogen and oxygen atoms in total. The summed E-state index contributed by atoms with van der Waals surface area (Å²) in [5.41, 5.74) is 1.76. The van der Waals surface area contributed by atoms with Crippen LogP contribution in [0.15, 0.2) is 16.7 Å². The van der Waals surface area contributed by atoms with E-state index in [9.17, 15) is 4.79 Å². The van der Waals surface area contributed by atoms with E-state index in [0.29, 0.717) is 5.69 Å². The predicted molar refractivity (Wildman–Crippen MR) is 52.4 cm³/mol. The Hall–Kier alpha value is -0.900. The fourth-order valence-electron chi connectivity index (χ4n) is 0.901. The first-order valence-electron chi connectivity index (χ1n) is 3.81. The second-order valence-electron chi connectivity index (χ2n) is 2.69. The van der Waals surface area contributed by atoms with Gasteiger partial charge in [-0.05, 0) is 34.5 Å². The lowest BCUT2D eigenvalue weighted by Gasteiger charge is -2.02. The van der Waals surface area contributed by atoms with Crippen LogP contribution >= 0.6 is 15.9 Å². The molecule has 0 aromatic carbocycles. The summed E-state index contributed by atoms with van der Waals surface area (Å²) in [4.78, 5) is 15.1. The van der Waals surface area contributed by atoms with Gasteiger partial charge in [-0.2, -0.15) is 0 Å². The van der Waals surface area contributed by atoms with Gasteiger partial charge in [0.25, 0.3) is 0 Å². The maximum Gasteiger partial charge on any atom is 0.311 e. The summed E-state index contributed by atoms with van der Waals surface area (Å²) in [5.74, 6) is -0.281. The van der Waals surface area contributed by atoms with Gasteiger partial charge >= 0.3 is 5.97 Å². The normalized spacial score (nSPS) is 9.77. The Labute approximate surface area is 85.3 Å². The summed E-state index contributed by atoms with van der Waals surface area (Å²) < 4.78 is 5.38. The zero-order chi connectivity index (χ0) is 9.84. The Bertz CT molecular complexity index is 325. The van der Waals surface area contributed by atoms with E-state index in [0.717, 1.165) is 10.0 Å². The topological polar surface area (TPSA) is 39.2 Å². The average molecular weight is 244 g/mol. The zero-order valence-corrected chi connectivity index (χ0v) is 9.09. The molecule has 0 saturated carbocycles. The molecule has 0 saturated heterocycles. The van der Waals surface area contributed by atoms with Crippen molar-refractivity contribution in [2.45, 2.75) is 13.3 Å². The van der Waals surface area contributed by atoms with E-state index in [2.05, 4.69) is 25.7 Å². The van der Waals surface area contributed by atoms with E-state index in [1.807, 2.05) is 13.0 Å². The van der Waals surface area contributed by atoms with Crippen molar-refractivity contribution in [2.24, 2.45) is 0 Å². The molecule has 1 aromatic rings. The van der Waals surface area contributed by atoms with E-state index >= 15 is 0 Å². The van der Waals surface area contributed by atoms with Gasteiger partial charge in [0, 0.05) is 10.7 Å². The van der Waals surface area contributed by atoms with Crippen molar-refractivity contribution in [1.29, 1.82) is 0 Å². The maximum absolute atomic E-state index is 10.9. The molecule has 1 rings (SSSR count). The highest BCUT2D eigenvalue weighted by atomic mass is 79.9. The fraction of sp³-hybridized carbons (Fsp3) is 0.333. The minimum Gasteiger partial charge on any atom is -0.469 e. The monoisotopic (exact) mass is 243 g/mol. The van der Waals surface area contributed by atoms with Crippen LogP contribution in [0.4, 0.5) is 0 Å². The van der Waals surface area contributed by atoms with Gasteiger partial charge in [-0.25, -0.2) is 0 Å². The van der Waals surface area contributed by atoms with Crippen LogP contribution in [0.1, 0.15) is 11.3 Å². The number of aromatic nitrogens is 1. The van der Waals surface area contributed by atoms with Crippen LogP contribution in [0.2, 0.25) is 0 Å². The van der Waals surface area contributed by atoms with Gasteiger partial charge in [0.05, 0.1) is 19.2 Å². The van der Waals surface area contributed by atoms with Crippen molar-refractivity contribution in [3.63, 3.8) is 0 Å². The van der Waals surface area contributed by atoms with Gasteiger partial charge in [-0.3, -0.25) is 9.78 Å². The Balaban J connectivity index is 2.83. The third-order valence-electron chi connectivity index (χ3n) is 1.59. The molecular formula is C9H10BrNO2. The quantitative estimate of drug-likeness (QED) is 0.745. The van der Waals surface area contributed by atoms with Crippen LogP contribution in [0.5, 0.6) is 0 Å². The van der Waals surface area contributed by atoms with Gasteiger partial charge < -0.3 is 4.74 Å². The molecule has 0 N–H and O–H groups in total. The highest BCUT2D eigenvalue weighted by Gasteiger charge is 2.07. The van der Waals surface area contributed by atoms with Gasteiger partial charge in [0.2, 0.25) is 0 Å². The maximum atomic E-state index is 10.9. The number of carbonyl (C=O) groups is 1. The molecule has 1 heterocycles. The van der Waals surface area contributed by atoms with E-state index in [1.54, 1.807) is 6.20 Å². The van der Waals surface area contributed by atoms with Gasteiger partial charge in [0.1, 0.15) is 0 Å². The van der Waals surface area contributed by atoms with E-state index in [4.69, 9.17) is 0 Å². The predicted octanol–water partition coefficient (Wildman–Crippen LogP) is 1.87. The van der Waals surface area contributed by atoms with Crippen molar-refractivity contribution in [3.8, 4) is 0 Å². The lowest BCUT2D eigenvalue weighted by Crippen LogP contribution is -2.06. The summed E-state index contributed by atoms with van der Waals surface area (Å²) in [7, 11) is 1.37. The molecule has 13 heavy (non-hydrogen) atoms. The minimum atomic E-state index is -0.281. The molecule has 0 fully saturated rings. The van der Waals surface area contributed by atoms with Crippen molar-refractivity contribution in [3.05, 3.63) is 28.0 Å². The third-order valence-corrected chi connectivity index (χ3v) is 2.28. The molecule has 0 atom stereocenters. The van der Waals surface area contributed by atoms with Crippen molar-refractivity contribution >= 4 is 21.9 Å². The smallest absolute Gasteiger partial charge is 0.311 e. The molecule has 0 aliphatic rings. The second kappa shape index (κ2) is 4.37. The van der Waals surface area contributed by atoms with Crippen LogP contribution in [-0.2, 0) is 16.0 Å². The number of nitrogens with zero attached hydrogens (tertiary/aromatic N) is 1. The number of methoxy groups -OCH3 is 1. The number of hydrogen-bond donors (Lipinski definition) is 0. The lowest BCUT2D eigenvalue weighted by molar-refractivity contribution is -0.139. The summed E-state index contributed by atoms with van der Waals surface area (Å²) in [6.07, 6.45) is 1.93. The van der Waals surface area contributed by atoms with Crippen molar-refractivity contribution in [2.75, 3.05) is 7.11 Å². The number of hydrogen-bond acceptors (Lipinski definition) is 3. The van der Waals surface area contributed by atoms with Crippen LogP contribution in [0, 0.1) is 6.92 Å². The number of carbonyl (C=O) groups excluding carboxylic acids is 1. The molecule has 0 radical (unpaired) electrons. The largest absolute Gasteiger partial charge is 0.469 e. The lowest BCUT2D eigenvalue weighted by atomic mass is 10.2. The number of rotatable bonds is 2. The van der Waals surface area contributed by atoms with Crippen LogP contribution in [0.3, 0.4) is 0 Å². The van der Waals surface area contributed by atoms with E-state index in [1.165, 1.54) is 7.11 Å². The van der Waals surface area contributed by atoms with Gasteiger partial charge in [-0.1, -0.05) is 0 Å². The first kappa shape index (κ1) is 10.2. The van der Waals surface area contributed by atoms with E-state index < -0.39 is 0 Å². The number of halogens is 1. The minimum absolute atomic E-state index is 0.206. The van der Waals surface area contributed by atoms with Crippen molar-refractivity contribution in [1.82, 2.24) is 4.98 Å². The van der Waals surface area contributed by atoms with Crippen LogP contribution in [-0.4, -0.2) is 18.1 Å². The summed E-state index contributed by atoms with van der Waals surface area (Å²) >= 11 is 3.33. The number of pyridine rings is 1. The summed E-state index contributed by atoms with van der Waals surface area (Å²) in [6, 6.07) is 1.92. The molecule has 4 heteroatoms. The first-order chi connectivity index (χ1) is 6.13. The molecule has 0 amide bonds. The van der Waals surface area contributed by atoms with Crippen LogP contribution in [0.25, 0.3) is 0 Å². The highest BCUT2D eigenvalue weighted by Crippen LogP contribution is 2.16. The molecule has 1 aromatic heterocycles. The summed E-state index contributed by atoms with van der Waals surface area (Å²) in [6.45, 7) is 1.94. The van der Waals surface area contributed by atoms with E-state index in [-0.39, 0.29) is 12.4 Å². The third kappa shape index (κ3) is 2.81. The molecule has 0 aliphatic heterocycles. The zero-order valence-electron chi connectivity index (χ0n) is 7.50. The summed E-state index contributed by atoms with van der Waals surface area (Å²) in [5, 5.41) is 0. The number of esters is 1. The number of aryl methyl sites for hydroxylation is 1. The SMILES string of the molecule is COC(=O)Cc1ncc(C)cc1Br. The average Bonchev–Trinajstić information content (AvgIpc) is 2.09. The number of ether oxygens (including phenoxy) is 1. The van der Waals surface area contributed by atoms with Crippen molar-refractivity contribution < 1.29 is 9.53 Å². The standard InChI is InChI=1S/C9H10BrNO2/c1-6-3-7(10)8(11-5-6)4-9(12)13-2/h3,5H,4H2,1-2H3. The Kier molecular flexibility index (Phi) is 3.42. The first-order valence-corrected chi connectivity index (χ1v) is 4.60. The van der Waals surface area contributed by atoms with Crippen LogP contribution < -0.4 is 0 Å². The molecule has 0 aliphatic carbocycles. The van der Waals surface area contributed by atoms with Gasteiger partial charge in [0.15, 0.2) is 0 Å².